The van der Waals surface area contributed by atoms with Crippen molar-refractivity contribution in [2.45, 2.75) is 18.9 Å². The van der Waals surface area contributed by atoms with Crippen LogP contribution < -0.4 is 26.4 Å². The Kier molecular flexibility index (Phi) is 6.87. The Hall–Kier alpha value is -4.41. The molecule has 0 radical (unpaired) electrons. The summed E-state index contributed by atoms with van der Waals surface area (Å²) in [7, 11) is 3.44. The number of carbonyl (C=O) groups is 2. The number of benzene rings is 2. The van der Waals surface area contributed by atoms with E-state index in [4.69, 9.17) is 10.5 Å². The van der Waals surface area contributed by atoms with Crippen molar-refractivity contribution in [2.75, 3.05) is 31.2 Å². The zero-order chi connectivity index (χ0) is 27.8. The SMILES string of the molecule is COc1cc(-c2csc3c(C(=O)N[C@@H]4CCCNC4)cnc(N)c23)ccc1NC(=O)c1cc2ccccc2n1C. The second-order valence-electron chi connectivity index (χ2n) is 9.94. The summed E-state index contributed by atoms with van der Waals surface area (Å²) in [5.74, 6) is 0.481. The normalized spacial score (nSPS) is 15.3. The predicted octanol–water partition coefficient (Wildman–Crippen LogP) is 4.78. The van der Waals surface area contributed by atoms with Crippen molar-refractivity contribution in [2.24, 2.45) is 7.05 Å². The first kappa shape index (κ1) is 25.8. The molecular weight excluding hydrogens is 524 g/mol. The van der Waals surface area contributed by atoms with Gasteiger partial charge in [-0.1, -0.05) is 24.3 Å². The largest absolute Gasteiger partial charge is 0.495 e. The van der Waals surface area contributed by atoms with Gasteiger partial charge in [0.25, 0.3) is 11.8 Å². The van der Waals surface area contributed by atoms with Crippen molar-refractivity contribution in [3.63, 3.8) is 0 Å². The molecule has 1 atom stereocenters. The molecule has 0 saturated carbocycles. The number of rotatable bonds is 6. The topological polar surface area (TPSA) is 123 Å². The Morgan fingerprint density at radius 3 is 2.80 bits per heavy atom. The molecule has 2 aromatic carbocycles. The molecule has 10 heteroatoms. The number of hydrogen-bond donors (Lipinski definition) is 4. The number of pyridine rings is 1. The van der Waals surface area contributed by atoms with Crippen LogP contribution in [0.15, 0.2) is 60.1 Å². The van der Waals surface area contributed by atoms with Crippen LogP contribution >= 0.6 is 11.3 Å². The van der Waals surface area contributed by atoms with Gasteiger partial charge in [-0.15, -0.1) is 11.3 Å². The number of anilines is 2. The fourth-order valence-corrected chi connectivity index (χ4v) is 6.43. The smallest absolute Gasteiger partial charge is 0.272 e. The molecule has 6 rings (SSSR count). The highest BCUT2D eigenvalue weighted by molar-refractivity contribution is 7.18. The first-order valence-electron chi connectivity index (χ1n) is 13.2. The molecule has 5 N–H and O–H groups in total. The Bertz CT molecular complexity index is 1750. The minimum absolute atomic E-state index is 0.0919. The zero-order valence-corrected chi connectivity index (χ0v) is 23.1. The lowest BCUT2D eigenvalue weighted by atomic mass is 10.0. The van der Waals surface area contributed by atoms with E-state index < -0.39 is 0 Å². The van der Waals surface area contributed by atoms with E-state index in [1.807, 2.05) is 65.5 Å². The van der Waals surface area contributed by atoms with Crippen molar-refractivity contribution in [3.05, 3.63) is 71.4 Å². The number of nitrogen functional groups attached to an aromatic ring is 1. The molecular formula is C30H30N6O3S. The summed E-state index contributed by atoms with van der Waals surface area (Å²) in [6.45, 7) is 1.74. The molecule has 2 amide bonds. The van der Waals surface area contributed by atoms with Crippen LogP contribution in [-0.4, -0.2) is 47.6 Å². The second kappa shape index (κ2) is 10.6. The number of ether oxygens (including phenoxy) is 1. The van der Waals surface area contributed by atoms with Crippen LogP contribution in [0.4, 0.5) is 11.5 Å². The van der Waals surface area contributed by atoms with Crippen molar-refractivity contribution in [3.8, 4) is 16.9 Å². The number of amides is 2. The molecule has 0 unspecified atom stereocenters. The maximum absolute atomic E-state index is 13.2. The van der Waals surface area contributed by atoms with Gasteiger partial charge in [0.1, 0.15) is 17.3 Å². The third-order valence-electron chi connectivity index (χ3n) is 7.45. The second-order valence-corrected chi connectivity index (χ2v) is 10.8. The molecule has 204 valence electrons. The number of aryl methyl sites for hydroxylation is 1. The fourth-order valence-electron chi connectivity index (χ4n) is 5.34. The van der Waals surface area contributed by atoms with Crippen molar-refractivity contribution in [1.82, 2.24) is 20.2 Å². The molecule has 1 saturated heterocycles. The number of aromatic nitrogens is 2. The average Bonchev–Trinajstić information content (AvgIpc) is 3.56. The molecule has 5 aromatic rings. The molecule has 0 aliphatic carbocycles. The van der Waals surface area contributed by atoms with Crippen LogP contribution in [0, 0.1) is 0 Å². The van der Waals surface area contributed by atoms with E-state index >= 15 is 0 Å². The molecule has 9 nitrogen and oxygen atoms in total. The van der Waals surface area contributed by atoms with Gasteiger partial charge in [0.05, 0.1) is 23.1 Å². The lowest BCUT2D eigenvalue weighted by molar-refractivity contribution is 0.0931. The van der Waals surface area contributed by atoms with Crippen molar-refractivity contribution < 1.29 is 14.3 Å². The number of methoxy groups -OCH3 is 1. The van der Waals surface area contributed by atoms with Crippen LogP contribution in [0.3, 0.4) is 0 Å². The first-order valence-corrected chi connectivity index (χ1v) is 14.0. The Balaban J connectivity index is 1.30. The maximum Gasteiger partial charge on any atom is 0.272 e. The van der Waals surface area contributed by atoms with Gasteiger partial charge in [-0.25, -0.2) is 4.98 Å². The summed E-state index contributed by atoms with van der Waals surface area (Å²) in [5.41, 5.74) is 10.6. The highest BCUT2D eigenvalue weighted by Gasteiger charge is 2.22. The lowest BCUT2D eigenvalue weighted by Crippen LogP contribution is -2.45. The van der Waals surface area contributed by atoms with E-state index in [9.17, 15) is 9.59 Å². The number of hydrogen-bond acceptors (Lipinski definition) is 7. The maximum atomic E-state index is 13.2. The van der Waals surface area contributed by atoms with Crippen molar-refractivity contribution >= 4 is 55.6 Å². The van der Waals surface area contributed by atoms with E-state index in [0.29, 0.717) is 28.5 Å². The highest BCUT2D eigenvalue weighted by atomic mass is 32.1. The quantitative estimate of drug-likeness (QED) is 0.240. The third-order valence-corrected chi connectivity index (χ3v) is 8.46. The molecule has 0 bridgehead atoms. The molecule has 1 fully saturated rings. The van der Waals surface area contributed by atoms with Gasteiger partial charge < -0.3 is 31.0 Å². The minimum Gasteiger partial charge on any atom is -0.495 e. The molecule has 1 aliphatic rings. The Morgan fingerprint density at radius 1 is 1.18 bits per heavy atom. The number of nitrogens with zero attached hydrogens (tertiary/aromatic N) is 2. The van der Waals surface area contributed by atoms with Gasteiger partial charge in [0.15, 0.2) is 0 Å². The standard InChI is InChI=1S/C30H30N6O3S/c1-36-23-8-4-3-6-18(23)12-24(36)30(38)35-22-10-9-17(13-25(22)39-2)21-16-40-27-20(15-33-28(31)26(21)27)29(37)34-19-7-5-11-32-14-19/h3-4,6,8-10,12-13,15-16,19,32H,5,7,11,14H2,1-2H3,(H2,31,33)(H,34,37)(H,35,38)/t19-/m1/s1. The van der Waals surface area contributed by atoms with Gasteiger partial charge >= 0.3 is 0 Å². The monoisotopic (exact) mass is 554 g/mol. The number of fused-ring (bicyclic) bond motifs is 2. The van der Waals surface area contributed by atoms with Crippen LogP contribution in [0.1, 0.15) is 33.7 Å². The number of thiophene rings is 1. The number of nitrogens with two attached hydrogens (primary N) is 1. The van der Waals surface area contributed by atoms with E-state index in [2.05, 4.69) is 20.9 Å². The van der Waals surface area contributed by atoms with Gasteiger partial charge in [-0.05, 0) is 54.6 Å². The third kappa shape index (κ3) is 4.65. The summed E-state index contributed by atoms with van der Waals surface area (Å²) in [6, 6.07) is 15.4. The lowest BCUT2D eigenvalue weighted by Gasteiger charge is -2.23. The van der Waals surface area contributed by atoms with E-state index in [0.717, 1.165) is 58.0 Å². The molecule has 3 aromatic heterocycles. The molecule has 4 heterocycles. The highest BCUT2D eigenvalue weighted by Crippen LogP contribution is 2.41. The molecule has 1 aliphatic heterocycles. The number of nitrogens with one attached hydrogen (secondary N) is 3. The number of para-hydroxylation sites is 1. The predicted molar refractivity (Wildman–Crippen MR) is 160 cm³/mol. The van der Waals surface area contributed by atoms with Crippen LogP contribution in [0.25, 0.3) is 32.1 Å². The van der Waals surface area contributed by atoms with Gasteiger partial charge in [-0.2, -0.15) is 0 Å². The summed E-state index contributed by atoms with van der Waals surface area (Å²) in [5, 5.41) is 13.1. The van der Waals surface area contributed by atoms with Crippen molar-refractivity contribution in [1.29, 1.82) is 0 Å². The Morgan fingerprint density at radius 2 is 2.02 bits per heavy atom. The molecule has 0 spiro atoms. The summed E-state index contributed by atoms with van der Waals surface area (Å²) in [4.78, 5) is 30.7. The van der Waals surface area contributed by atoms with E-state index in [1.165, 1.54) is 11.3 Å². The van der Waals surface area contributed by atoms with E-state index in [1.54, 1.807) is 13.3 Å². The summed E-state index contributed by atoms with van der Waals surface area (Å²) < 4.78 is 8.32. The summed E-state index contributed by atoms with van der Waals surface area (Å²) >= 11 is 1.46. The average molecular weight is 555 g/mol. The van der Waals surface area contributed by atoms with Crippen LogP contribution in [0.5, 0.6) is 5.75 Å². The van der Waals surface area contributed by atoms with E-state index in [-0.39, 0.29) is 17.9 Å². The van der Waals surface area contributed by atoms with Crippen LogP contribution in [-0.2, 0) is 7.05 Å². The summed E-state index contributed by atoms with van der Waals surface area (Å²) in [6.07, 6.45) is 3.53. The first-order chi connectivity index (χ1) is 19.4. The zero-order valence-electron chi connectivity index (χ0n) is 22.3. The van der Waals surface area contributed by atoms with Gasteiger partial charge in [-0.3, -0.25) is 9.59 Å². The minimum atomic E-state index is -0.233. The van der Waals surface area contributed by atoms with Gasteiger partial charge in [0.2, 0.25) is 0 Å². The number of carbonyl (C=O) groups excluding carboxylic acids is 2. The number of piperidine rings is 1. The Labute approximate surface area is 235 Å². The van der Waals surface area contributed by atoms with Crippen LogP contribution in [0.2, 0.25) is 0 Å². The fraction of sp³-hybridized carbons (Fsp3) is 0.233. The van der Waals surface area contributed by atoms with Gasteiger partial charge in [0, 0.05) is 47.7 Å². The molecule has 40 heavy (non-hydrogen) atoms.